The van der Waals surface area contributed by atoms with Crippen molar-refractivity contribution in [2.45, 2.75) is 19.4 Å². The minimum atomic E-state index is 0.0899. The van der Waals surface area contributed by atoms with Crippen LogP contribution < -0.4 is 5.73 Å². The lowest BCUT2D eigenvalue weighted by molar-refractivity contribution is 0.475. The smallest absolute Gasteiger partial charge is 0.117 e. The van der Waals surface area contributed by atoms with Gasteiger partial charge in [-0.3, -0.25) is 0 Å². The first-order chi connectivity index (χ1) is 5.59. The van der Waals surface area contributed by atoms with Gasteiger partial charge < -0.3 is 10.8 Å². The molecule has 0 aliphatic carbocycles. The molecular formula is C9H12ClNO. The molecule has 0 aliphatic rings. The molecule has 2 nitrogen and oxygen atoms in total. The number of phenolic OH excluding ortho intramolecular Hbond substituents is 1. The van der Waals surface area contributed by atoms with Crippen molar-refractivity contribution in [3.8, 4) is 5.75 Å². The van der Waals surface area contributed by atoms with E-state index in [0.717, 1.165) is 12.0 Å². The highest BCUT2D eigenvalue weighted by molar-refractivity contribution is 6.31. The summed E-state index contributed by atoms with van der Waals surface area (Å²) in [4.78, 5) is 0. The second-order valence-electron chi connectivity index (χ2n) is 2.96. The standard InChI is InChI=1S/C9H12ClNO/c1-6(11)4-7-2-3-8(12)5-9(7)10/h2-3,5-6,12H,4,11H2,1H3/t6-/m1/s1. The summed E-state index contributed by atoms with van der Waals surface area (Å²) in [6, 6.07) is 5.02. The Kier molecular flexibility index (Phi) is 2.95. The largest absolute Gasteiger partial charge is 0.508 e. The van der Waals surface area contributed by atoms with E-state index in [4.69, 9.17) is 22.4 Å². The molecule has 3 heteroatoms. The van der Waals surface area contributed by atoms with Gasteiger partial charge in [-0.1, -0.05) is 17.7 Å². The maximum Gasteiger partial charge on any atom is 0.117 e. The summed E-state index contributed by atoms with van der Waals surface area (Å²) >= 11 is 5.86. The van der Waals surface area contributed by atoms with Crippen molar-refractivity contribution >= 4 is 11.6 Å². The van der Waals surface area contributed by atoms with Crippen molar-refractivity contribution < 1.29 is 5.11 Å². The molecule has 0 unspecified atom stereocenters. The summed E-state index contributed by atoms with van der Waals surface area (Å²) in [6.07, 6.45) is 0.735. The van der Waals surface area contributed by atoms with Crippen molar-refractivity contribution in [3.63, 3.8) is 0 Å². The molecule has 1 aromatic rings. The molecular weight excluding hydrogens is 174 g/mol. The molecule has 12 heavy (non-hydrogen) atoms. The molecule has 0 saturated heterocycles. The molecule has 1 rings (SSSR count). The Labute approximate surface area is 77.0 Å². The van der Waals surface area contributed by atoms with Gasteiger partial charge in [0.2, 0.25) is 0 Å². The topological polar surface area (TPSA) is 46.2 Å². The zero-order valence-electron chi connectivity index (χ0n) is 6.92. The molecule has 0 aliphatic heterocycles. The Morgan fingerprint density at radius 1 is 1.58 bits per heavy atom. The van der Waals surface area contributed by atoms with E-state index < -0.39 is 0 Å². The number of rotatable bonds is 2. The van der Waals surface area contributed by atoms with Crippen LogP contribution >= 0.6 is 11.6 Å². The van der Waals surface area contributed by atoms with Crippen LogP contribution in [0.4, 0.5) is 0 Å². The molecule has 0 aromatic heterocycles. The zero-order valence-corrected chi connectivity index (χ0v) is 7.67. The van der Waals surface area contributed by atoms with Gasteiger partial charge in [-0.25, -0.2) is 0 Å². The predicted octanol–water partition coefficient (Wildman–Crippen LogP) is 1.94. The number of hydrogen-bond acceptors (Lipinski definition) is 2. The third kappa shape index (κ3) is 2.40. The van der Waals surface area contributed by atoms with E-state index in [0.29, 0.717) is 5.02 Å². The number of benzene rings is 1. The van der Waals surface area contributed by atoms with Crippen molar-refractivity contribution in [3.05, 3.63) is 28.8 Å². The Balaban J connectivity index is 2.86. The normalized spacial score (nSPS) is 12.9. The third-order valence-corrected chi connectivity index (χ3v) is 1.93. The van der Waals surface area contributed by atoms with Crippen LogP contribution in [0.1, 0.15) is 12.5 Å². The quantitative estimate of drug-likeness (QED) is 0.740. The first kappa shape index (κ1) is 9.36. The number of aromatic hydroxyl groups is 1. The average Bonchev–Trinajstić information content (AvgIpc) is 1.94. The van der Waals surface area contributed by atoms with E-state index in [2.05, 4.69) is 0 Å². The van der Waals surface area contributed by atoms with Crippen LogP contribution in [0.15, 0.2) is 18.2 Å². The Morgan fingerprint density at radius 3 is 2.75 bits per heavy atom. The van der Waals surface area contributed by atoms with Gasteiger partial charge in [0.25, 0.3) is 0 Å². The number of hydrogen-bond donors (Lipinski definition) is 2. The Hall–Kier alpha value is -0.730. The highest BCUT2D eigenvalue weighted by Crippen LogP contribution is 2.22. The molecule has 0 spiro atoms. The van der Waals surface area contributed by atoms with Gasteiger partial charge in [-0.05, 0) is 31.0 Å². The monoisotopic (exact) mass is 185 g/mol. The van der Waals surface area contributed by atoms with Crippen molar-refractivity contribution in [1.29, 1.82) is 0 Å². The molecule has 1 aromatic carbocycles. The van der Waals surface area contributed by atoms with Gasteiger partial charge in [-0.2, -0.15) is 0 Å². The molecule has 0 heterocycles. The van der Waals surface area contributed by atoms with Gasteiger partial charge >= 0.3 is 0 Å². The van der Waals surface area contributed by atoms with Crippen LogP contribution in [0.25, 0.3) is 0 Å². The molecule has 1 atom stereocenters. The predicted molar refractivity (Wildman–Crippen MR) is 50.5 cm³/mol. The fourth-order valence-electron chi connectivity index (χ4n) is 1.05. The third-order valence-electron chi connectivity index (χ3n) is 1.58. The van der Waals surface area contributed by atoms with Gasteiger partial charge in [0, 0.05) is 11.1 Å². The molecule has 0 fully saturated rings. The Morgan fingerprint density at radius 2 is 2.25 bits per heavy atom. The maximum atomic E-state index is 9.06. The number of halogens is 1. The lowest BCUT2D eigenvalue weighted by atomic mass is 10.1. The van der Waals surface area contributed by atoms with E-state index in [1.165, 1.54) is 6.07 Å². The Bertz CT molecular complexity index is 273. The van der Waals surface area contributed by atoms with E-state index in [-0.39, 0.29) is 11.8 Å². The van der Waals surface area contributed by atoms with Gasteiger partial charge in [0.15, 0.2) is 0 Å². The van der Waals surface area contributed by atoms with Crippen molar-refractivity contribution in [2.75, 3.05) is 0 Å². The van der Waals surface area contributed by atoms with Crippen LogP contribution in [-0.4, -0.2) is 11.1 Å². The second kappa shape index (κ2) is 3.78. The zero-order chi connectivity index (χ0) is 9.14. The SMILES string of the molecule is C[C@@H](N)Cc1ccc(O)cc1Cl. The molecule has 0 bridgehead atoms. The van der Waals surface area contributed by atoms with Crippen molar-refractivity contribution in [1.82, 2.24) is 0 Å². The van der Waals surface area contributed by atoms with Crippen LogP contribution in [-0.2, 0) is 6.42 Å². The molecule has 66 valence electrons. The van der Waals surface area contributed by atoms with E-state index >= 15 is 0 Å². The van der Waals surface area contributed by atoms with Crippen LogP contribution in [0.2, 0.25) is 5.02 Å². The molecule has 0 radical (unpaired) electrons. The van der Waals surface area contributed by atoms with Gasteiger partial charge in [-0.15, -0.1) is 0 Å². The highest BCUT2D eigenvalue weighted by Gasteiger charge is 2.03. The van der Waals surface area contributed by atoms with E-state index in [1.807, 2.05) is 6.92 Å². The first-order valence-electron chi connectivity index (χ1n) is 3.82. The molecule has 0 amide bonds. The summed E-state index contributed by atoms with van der Waals surface area (Å²) in [5.74, 6) is 0.188. The van der Waals surface area contributed by atoms with Crippen molar-refractivity contribution in [2.24, 2.45) is 5.73 Å². The minimum absolute atomic E-state index is 0.0899. The summed E-state index contributed by atoms with van der Waals surface area (Å²) in [5, 5.41) is 9.63. The fourth-order valence-corrected chi connectivity index (χ4v) is 1.30. The van der Waals surface area contributed by atoms with E-state index in [1.54, 1.807) is 12.1 Å². The molecule has 0 saturated carbocycles. The maximum absolute atomic E-state index is 9.06. The first-order valence-corrected chi connectivity index (χ1v) is 4.20. The van der Waals surface area contributed by atoms with Crippen LogP contribution in [0, 0.1) is 0 Å². The highest BCUT2D eigenvalue weighted by atomic mass is 35.5. The summed E-state index contributed by atoms with van der Waals surface area (Å²) < 4.78 is 0. The average molecular weight is 186 g/mol. The van der Waals surface area contributed by atoms with Gasteiger partial charge in [0.05, 0.1) is 0 Å². The fraction of sp³-hybridized carbons (Fsp3) is 0.333. The summed E-state index contributed by atoms with van der Waals surface area (Å²) in [5.41, 5.74) is 6.59. The summed E-state index contributed by atoms with van der Waals surface area (Å²) in [6.45, 7) is 1.92. The lowest BCUT2D eigenvalue weighted by Gasteiger charge is -2.06. The number of nitrogens with two attached hydrogens (primary N) is 1. The number of phenols is 1. The lowest BCUT2D eigenvalue weighted by Crippen LogP contribution is -2.17. The second-order valence-corrected chi connectivity index (χ2v) is 3.36. The van der Waals surface area contributed by atoms with E-state index in [9.17, 15) is 0 Å². The minimum Gasteiger partial charge on any atom is -0.508 e. The van der Waals surface area contributed by atoms with Crippen LogP contribution in [0.3, 0.4) is 0 Å². The van der Waals surface area contributed by atoms with Gasteiger partial charge in [0.1, 0.15) is 5.75 Å². The summed E-state index contributed by atoms with van der Waals surface area (Å²) in [7, 11) is 0. The molecule has 3 N–H and O–H groups in total. The van der Waals surface area contributed by atoms with Crippen LogP contribution in [0.5, 0.6) is 5.75 Å².